The molecule has 0 aliphatic carbocycles. The van der Waals surface area contributed by atoms with Crippen LogP contribution in [-0.2, 0) is 6.54 Å². The molecule has 124 valence electrons. The Morgan fingerprint density at radius 2 is 2.35 bits per heavy atom. The number of amides is 1. The molecular formula is C15H19FN4O2S. The molecule has 1 fully saturated rings. The normalized spacial score (nSPS) is 21.7. The Morgan fingerprint density at radius 1 is 1.52 bits per heavy atom. The van der Waals surface area contributed by atoms with Gasteiger partial charge in [0.15, 0.2) is 5.82 Å². The van der Waals surface area contributed by atoms with Crippen molar-refractivity contribution in [3.63, 3.8) is 0 Å². The molecule has 23 heavy (non-hydrogen) atoms. The quantitative estimate of drug-likeness (QED) is 0.904. The fourth-order valence-corrected chi connectivity index (χ4v) is 3.64. The highest BCUT2D eigenvalue weighted by Gasteiger charge is 2.33. The molecule has 3 rings (SSSR count). The molecule has 2 atom stereocenters. The zero-order valence-electron chi connectivity index (χ0n) is 13.1. The summed E-state index contributed by atoms with van der Waals surface area (Å²) in [7, 11) is 0. The van der Waals surface area contributed by atoms with Crippen LogP contribution >= 0.6 is 11.3 Å². The number of rotatable bonds is 5. The topological polar surface area (TPSA) is 71.3 Å². The number of likely N-dealkylation sites (tertiary alicyclic amines) is 1. The molecule has 1 amide bonds. The third kappa shape index (κ3) is 3.76. The van der Waals surface area contributed by atoms with E-state index < -0.39 is 6.17 Å². The highest BCUT2D eigenvalue weighted by molar-refractivity contribution is 7.08. The Morgan fingerprint density at radius 3 is 3.00 bits per heavy atom. The molecule has 0 saturated carbocycles. The van der Waals surface area contributed by atoms with Gasteiger partial charge in [0.1, 0.15) is 6.17 Å². The first-order valence-electron chi connectivity index (χ1n) is 7.51. The lowest BCUT2D eigenvalue weighted by atomic mass is 10.2. The number of carbonyl (C=O) groups excluding carboxylic acids is 1. The van der Waals surface area contributed by atoms with Gasteiger partial charge in [0.05, 0.1) is 12.1 Å². The van der Waals surface area contributed by atoms with E-state index in [1.807, 2.05) is 22.6 Å². The standard InChI is InChI=1S/C15H19FN4O2S/c1-9-7-23-8-13(9)15(21)17-4-12-3-11(16)5-20(12)6-14-18-10(2)22-19-14/h7-8,11-12H,3-6H2,1-2H3,(H,17,21)/t11-,12-/m0/s1. The summed E-state index contributed by atoms with van der Waals surface area (Å²) < 4.78 is 18.7. The Bertz CT molecular complexity index is 687. The maximum atomic E-state index is 13.8. The molecule has 2 aromatic rings. The Hall–Kier alpha value is -1.80. The van der Waals surface area contributed by atoms with E-state index in [0.29, 0.717) is 43.3 Å². The minimum atomic E-state index is -0.896. The summed E-state index contributed by atoms with van der Waals surface area (Å²) in [5.41, 5.74) is 1.64. The van der Waals surface area contributed by atoms with E-state index >= 15 is 0 Å². The Kier molecular flexibility index (Phi) is 4.72. The van der Waals surface area contributed by atoms with Crippen LogP contribution in [0.4, 0.5) is 4.39 Å². The number of nitrogens with one attached hydrogen (secondary N) is 1. The maximum absolute atomic E-state index is 13.8. The number of aryl methyl sites for hydroxylation is 2. The SMILES string of the molecule is Cc1nc(CN2C[C@@H](F)C[C@H]2CNC(=O)c2cscc2C)no1. The molecule has 1 N–H and O–H groups in total. The lowest BCUT2D eigenvalue weighted by molar-refractivity contribution is 0.0939. The summed E-state index contributed by atoms with van der Waals surface area (Å²) in [5, 5.41) is 10.5. The van der Waals surface area contributed by atoms with Crippen molar-refractivity contribution < 1.29 is 13.7 Å². The molecule has 1 aliphatic heterocycles. The fraction of sp³-hybridized carbons (Fsp3) is 0.533. The molecule has 2 aromatic heterocycles. The number of aromatic nitrogens is 2. The number of carbonyl (C=O) groups is 1. The average Bonchev–Trinajstić information content (AvgIpc) is 3.18. The van der Waals surface area contributed by atoms with Crippen LogP contribution in [0.2, 0.25) is 0 Å². The summed E-state index contributed by atoms with van der Waals surface area (Å²) in [6, 6.07) is -0.0632. The van der Waals surface area contributed by atoms with Gasteiger partial charge >= 0.3 is 0 Å². The van der Waals surface area contributed by atoms with Gasteiger partial charge in [0.2, 0.25) is 5.89 Å². The van der Waals surface area contributed by atoms with Crippen molar-refractivity contribution in [3.8, 4) is 0 Å². The van der Waals surface area contributed by atoms with Crippen LogP contribution in [-0.4, -0.2) is 46.3 Å². The van der Waals surface area contributed by atoms with Crippen molar-refractivity contribution in [2.45, 2.75) is 39.0 Å². The van der Waals surface area contributed by atoms with E-state index in [1.165, 1.54) is 11.3 Å². The second kappa shape index (κ2) is 6.76. The summed E-state index contributed by atoms with van der Waals surface area (Å²) in [6.45, 7) is 4.79. The van der Waals surface area contributed by atoms with Crippen molar-refractivity contribution in [1.82, 2.24) is 20.4 Å². The van der Waals surface area contributed by atoms with E-state index in [2.05, 4.69) is 15.5 Å². The van der Waals surface area contributed by atoms with Gasteiger partial charge in [0, 0.05) is 31.4 Å². The van der Waals surface area contributed by atoms with Crippen molar-refractivity contribution in [2.75, 3.05) is 13.1 Å². The first kappa shape index (κ1) is 16.1. The van der Waals surface area contributed by atoms with E-state index in [9.17, 15) is 9.18 Å². The van der Waals surface area contributed by atoms with E-state index in [-0.39, 0.29) is 11.9 Å². The molecule has 0 unspecified atom stereocenters. The van der Waals surface area contributed by atoms with Crippen LogP contribution in [0, 0.1) is 13.8 Å². The van der Waals surface area contributed by atoms with Crippen LogP contribution in [0.25, 0.3) is 0 Å². The van der Waals surface area contributed by atoms with Gasteiger partial charge in [-0.25, -0.2) is 4.39 Å². The monoisotopic (exact) mass is 338 g/mol. The molecule has 6 nitrogen and oxygen atoms in total. The summed E-state index contributed by atoms with van der Waals surface area (Å²) in [6.07, 6.45) is -0.493. The van der Waals surface area contributed by atoms with E-state index in [0.717, 1.165) is 5.56 Å². The van der Waals surface area contributed by atoms with Gasteiger partial charge in [-0.15, -0.1) is 0 Å². The van der Waals surface area contributed by atoms with Gasteiger partial charge in [-0.3, -0.25) is 9.69 Å². The Labute approximate surface area is 137 Å². The predicted molar refractivity (Wildman–Crippen MR) is 84.1 cm³/mol. The average molecular weight is 338 g/mol. The fourth-order valence-electron chi connectivity index (χ4n) is 2.81. The zero-order chi connectivity index (χ0) is 16.4. The summed E-state index contributed by atoms with van der Waals surface area (Å²) in [5.74, 6) is 0.928. The maximum Gasteiger partial charge on any atom is 0.252 e. The van der Waals surface area contributed by atoms with E-state index in [4.69, 9.17) is 4.52 Å². The highest BCUT2D eigenvalue weighted by atomic mass is 32.1. The van der Waals surface area contributed by atoms with Gasteiger partial charge in [-0.05, 0) is 24.3 Å². The molecule has 0 aromatic carbocycles. The van der Waals surface area contributed by atoms with Crippen molar-refractivity contribution >= 4 is 17.2 Å². The molecular weight excluding hydrogens is 319 g/mol. The minimum absolute atomic E-state index is 0.0632. The molecule has 0 spiro atoms. The van der Waals surface area contributed by atoms with Gasteiger partial charge in [-0.2, -0.15) is 16.3 Å². The number of thiophene rings is 1. The first-order valence-corrected chi connectivity index (χ1v) is 8.45. The molecule has 8 heteroatoms. The number of alkyl halides is 1. The third-order valence-electron chi connectivity index (χ3n) is 3.99. The van der Waals surface area contributed by atoms with Gasteiger partial charge in [-0.1, -0.05) is 5.16 Å². The van der Waals surface area contributed by atoms with Crippen LogP contribution in [0.3, 0.4) is 0 Å². The number of halogens is 1. The number of nitrogens with zero attached hydrogens (tertiary/aromatic N) is 3. The molecule has 1 saturated heterocycles. The minimum Gasteiger partial charge on any atom is -0.350 e. The molecule has 1 aliphatic rings. The van der Waals surface area contributed by atoms with Crippen LogP contribution < -0.4 is 5.32 Å². The van der Waals surface area contributed by atoms with Crippen LogP contribution in [0.1, 0.15) is 34.1 Å². The van der Waals surface area contributed by atoms with Crippen molar-refractivity contribution in [1.29, 1.82) is 0 Å². The first-order chi connectivity index (χ1) is 11.0. The summed E-state index contributed by atoms with van der Waals surface area (Å²) in [4.78, 5) is 18.3. The summed E-state index contributed by atoms with van der Waals surface area (Å²) >= 11 is 1.50. The molecule has 0 bridgehead atoms. The lowest BCUT2D eigenvalue weighted by Crippen LogP contribution is -2.40. The van der Waals surface area contributed by atoms with Crippen LogP contribution in [0.5, 0.6) is 0 Å². The van der Waals surface area contributed by atoms with Gasteiger partial charge in [0.25, 0.3) is 5.91 Å². The predicted octanol–water partition coefficient (Wildman–Crippen LogP) is 2.09. The van der Waals surface area contributed by atoms with Crippen molar-refractivity contribution in [2.24, 2.45) is 0 Å². The Balaban J connectivity index is 1.59. The van der Waals surface area contributed by atoms with Crippen molar-refractivity contribution in [3.05, 3.63) is 33.6 Å². The number of hydrogen-bond acceptors (Lipinski definition) is 6. The largest absolute Gasteiger partial charge is 0.350 e. The van der Waals surface area contributed by atoms with Gasteiger partial charge < -0.3 is 9.84 Å². The molecule has 0 radical (unpaired) electrons. The second-order valence-corrected chi connectivity index (χ2v) is 6.57. The smallest absolute Gasteiger partial charge is 0.252 e. The van der Waals surface area contributed by atoms with E-state index in [1.54, 1.807) is 6.92 Å². The second-order valence-electron chi connectivity index (χ2n) is 5.82. The van der Waals surface area contributed by atoms with Crippen LogP contribution in [0.15, 0.2) is 15.3 Å². The third-order valence-corrected chi connectivity index (χ3v) is 4.85. The highest BCUT2D eigenvalue weighted by Crippen LogP contribution is 2.22. The lowest BCUT2D eigenvalue weighted by Gasteiger charge is -2.22. The number of hydrogen-bond donors (Lipinski definition) is 1. The zero-order valence-corrected chi connectivity index (χ0v) is 13.9. The molecule has 3 heterocycles.